The molecular formula is C21H27N5O. The molecule has 3 heterocycles. The first-order valence-electron chi connectivity index (χ1n) is 9.88. The predicted molar refractivity (Wildman–Crippen MR) is 107 cm³/mol. The highest BCUT2D eigenvalue weighted by Gasteiger charge is 2.24. The summed E-state index contributed by atoms with van der Waals surface area (Å²) in [5.41, 5.74) is 3.00. The van der Waals surface area contributed by atoms with E-state index in [9.17, 15) is 4.79 Å². The van der Waals surface area contributed by atoms with Gasteiger partial charge in [0.15, 0.2) is 0 Å². The van der Waals surface area contributed by atoms with Gasteiger partial charge in [0.1, 0.15) is 17.8 Å². The monoisotopic (exact) mass is 365 g/mol. The lowest BCUT2D eigenvalue weighted by Gasteiger charge is -2.36. The van der Waals surface area contributed by atoms with Crippen LogP contribution in [0.1, 0.15) is 35.3 Å². The first-order valence-corrected chi connectivity index (χ1v) is 9.88. The summed E-state index contributed by atoms with van der Waals surface area (Å²) in [5, 5.41) is 0. The molecule has 2 fully saturated rings. The molecule has 4 rings (SSSR count). The fourth-order valence-electron chi connectivity index (χ4n) is 3.91. The fourth-order valence-corrected chi connectivity index (χ4v) is 3.91. The van der Waals surface area contributed by atoms with Gasteiger partial charge < -0.3 is 14.7 Å². The van der Waals surface area contributed by atoms with E-state index in [1.54, 1.807) is 0 Å². The SMILES string of the molecule is Cc1cccc(N2CCN(C(=O)c3cc(N4CCCCC4)ncn3)CC2)c1. The molecule has 0 bridgehead atoms. The van der Waals surface area contributed by atoms with Gasteiger partial charge in [-0.15, -0.1) is 0 Å². The number of hydrogen-bond donors (Lipinski definition) is 0. The summed E-state index contributed by atoms with van der Waals surface area (Å²) in [7, 11) is 0. The Balaban J connectivity index is 1.40. The van der Waals surface area contributed by atoms with Crippen molar-refractivity contribution in [3.05, 3.63) is 47.9 Å². The second kappa shape index (κ2) is 7.94. The number of anilines is 2. The molecule has 0 saturated carbocycles. The van der Waals surface area contributed by atoms with Gasteiger partial charge in [0.05, 0.1) is 0 Å². The quantitative estimate of drug-likeness (QED) is 0.837. The average Bonchev–Trinajstić information content (AvgIpc) is 2.74. The maximum Gasteiger partial charge on any atom is 0.272 e. The van der Waals surface area contributed by atoms with Crippen LogP contribution in [0.5, 0.6) is 0 Å². The number of carbonyl (C=O) groups excluding carboxylic acids is 1. The van der Waals surface area contributed by atoms with Crippen LogP contribution in [0.3, 0.4) is 0 Å². The van der Waals surface area contributed by atoms with Crippen molar-refractivity contribution in [3.8, 4) is 0 Å². The highest BCUT2D eigenvalue weighted by atomic mass is 16.2. The normalized spacial score (nSPS) is 17.9. The van der Waals surface area contributed by atoms with Crippen molar-refractivity contribution < 1.29 is 4.79 Å². The van der Waals surface area contributed by atoms with Crippen LogP contribution in [0.25, 0.3) is 0 Å². The lowest BCUT2D eigenvalue weighted by Crippen LogP contribution is -2.49. The molecule has 0 aliphatic carbocycles. The van der Waals surface area contributed by atoms with E-state index >= 15 is 0 Å². The molecule has 6 nitrogen and oxygen atoms in total. The maximum absolute atomic E-state index is 12.9. The number of nitrogens with zero attached hydrogens (tertiary/aromatic N) is 5. The Kier molecular flexibility index (Phi) is 5.23. The van der Waals surface area contributed by atoms with Gasteiger partial charge in [-0.3, -0.25) is 4.79 Å². The minimum Gasteiger partial charge on any atom is -0.368 e. The van der Waals surface area contributed by atoms with E-state index in [0.717, 1.165) is 45.1 Å². The third-order valence-corrected chi connectivity index (χ3v) is 5.49. The highest BCUT2D eigenvalue weighted by molar-refractivity contribution is 5.93. The summed E-state index contributed by atoms with van der Waals surface area (Å²) in [6, 6.07) is 10.4. The Morgan fingerprint density at radius 1 is 0.889 bits per heavy atom. The molecule has 27 heavy (non-hydrogen) atoms. The number of benzene rings is 1. The third kappa shape index (κ3) is 4.04. The average molecular weight is 365 g/mol. The minimum absolute atomic E-state index is 0.0135. The van der Waals surface area contributed by atoms with Gasteiger partial charge >= 0.3 is 0 Å². The first kappa shape index (κ1) is 17.8. The van der Waals surface area contributed by atoms with Crippen molar-refractivity contribution in [1.29, 1.82) is 0 Å². The lowest BCUT2D eigenvalue weighted by molar-refractivity contribution is 0.0740. The number of rotatable bonds is 3. The predicted octanol–water partition coefficient (Wildman–Crippen LogP) is 2.74. The molecule has 0 N–H and O–H groups in total. The summed E-state index contributed by atoms with van der Waals surface area (Å²) in [6.45, 7) is 7.27. The van der Waals surface area contributed by atoms with Gasteiger partial charge in [0.25, 0.3) is 5.91 Å². The Labute approximate surface area is 160 Å². The van der Waals surface area contributed by atoms with Crippen molar-refractivity contribution in [2.75, 3.05) is 49.1 Å². The van der Waals surface area contributed by atoms with Crippen LogP contribution < -0.4 is 9.80 Å². The largest absolute Gasteiger partial charge is 0.368 e. The molecule has 142 valence electrons. The molecule has 2 aliphatic heterocycles. The number of hydrogen-bond acceptors (Lipinski definition) is 5. The Hall–Kier alpha value is -2.63. The van der Waals surface area contributed by atoms with E-state index in [-0.39, 0.29) is 5.91 Å². The lowest BCUT2D eigenvalue weighted by atomic mass is 10.1. The molecule has 0 spiro atoms. The maximum atomic E-state index is 12.9. The zero-order valence-electron chi connectivity index (χ0n) is 16.0. The van der Waals surface area contributed by atoms with Crippen molar-refractivity contribution in [3.63, 3.8) is 0 Å². The van der Waals surface area contributed by atoms with Crippen molar-refractivity contribution in [2.24, 2.45) is 0 Å². The molecule has 2 aromatic rings. The number of amides is 1. The van der Waals surface area contributed by atoms with Crippen molar-refractivity contribution in [1.82, 2.24) is 14.9 Å². The molecule has 2 aliphatic rings. The first-order chi connectivity index (χ1) is 13.2. The minimum atomic E-state index is 0.0135. The molecule has 2 saturated heterocycles. The number of aryl methyl sites for hydroxylation is 1. The molecule has 6 heteroatoms. The van der Waals surface area contributed by atoms with Gasteiger partial charge in [-0.05, 0) is 43.9 Å². The molecule has 0 radical (unpaired) electrons. The smallest absolute Gasteiger partial charge is 0.272 e. The summed E-state index contributed by atoms with van der Waals surface area (Å²) in [4.78, 5) is 28.1. The van der Waals surface area contributed by atoms with Crippen LogP contribution in [0, 0.1) is 6.92 Å². The second-order valence-electron chi connectivity index (χ2n) is 7.43. The van der Waals surface area contributed by atoms with E-state index in [1.165, 1.54) is 36.8 Å². The third-order valence-electron chi connectivity index (χ3n) is 5.49. The molecule has 1 aromatic carbocycles. The summed E-state index contributed by atoms with van der Waals surface area (Å²) >= 11 is 0. The van der Waals surface area contributed by atoms with E-state index in [0.29, 0.717) is 5.69 Å². The van der Waals surface area contributed by atoms with Gasteiger partial charge in [-0.1, -0.05) is 12.1 Å². The van der Waals surface area contributed by atoms with Gasteiger partial charge in [-0.25, -0.2) is 9.97 Å². The molecule has 1 aromatic heterocycles. The summed E-state index contributed by atoms with van der Waals surface area (Å²) in [6.07, 6.45) is 5.18. The van der Waals surface area contributed by atoms with Crippen LogP contribution in [0.15, 0.2) is 36.7 Å². The number of piperidine rings is 1. The van der Waals surface area contributed by atoms with Crippen LogP contribution in [0.2, 0.25) is 0 Å². The zero-order valence-corrected chi connectivity index (χ0v) is 16.0. The van der Waals surface area contributed by atoms with Gasteiger partial charge in [0, 0.05) is 51.0 Å². The number of piperazine rings is 1. The highest BCUT2D eigenvalue weighted by Crippen LogP contribution is 2.20. The Bertz CT molecular complexity index is 795. The van der Waals surface area contributed by atoms with Crippen LogP contribution in [-0.4, -0.2) is 60.0 Å². The zero-order chi connectivity index (χ0) is 18.6. The Morgan fingerprint density at radius 3 is 2.41 bits per heavy atom. The van der Waals surface area contributed by atoms with Gasteiger partial charge in [-0.2, -0.15) is 0 Å². The van der Waals surface area contributed by atoms with E-state index in [1.807, 2.05) is 11.0 Å². The molecule has 1 amide bonds. The van der Waals surface area contributed by atoms with E-state index < -0.39 is 0 Å². The number of aromatic nitrogens is 2. The van der Waals surface area contributed by atoms with Crippen molar-refractivity contribution >= 4 is 17.4 Å². The summed E-state index contributed by atoms with van der Waals surface area (Å²) in [5.74, 6) is 0.894. The van der Waals surface area contributed by atoms with Crippen molar-refractivity contribution in [2.45, 2.75) is 26.2 Å². The van der Waals surface area contributed by atoms with Crippen LogP contribution in [0.4, 0.5) is 11.5 Å². The molecule has 0 atom stereocenters. The van der Waals surface area contributed by atoms with Crippen LogP contribution in [-0.2, 0) is 0 Å². The fraction of sp³-hybridized carbons (Fsp3) is 0.476. The number of carbonyl (C=O) groups is 1. The molecular weight excluding hydrogens is 338 g/mol. The van der Waals surface area contributed by atoms with Gasteiger partial charge in [0.2, 0.25) is 0 Å². The molecule has 0 unspecified atom stereocenters. The second-order valence-corrected chi connectivity index (χ2v) is 7.43. The summed E-state index contributed by atoms with van der Waals surface area (Å²) < 4.78 is 0. The standard InChI is InChI=1S/C21H27N5O/c1-17-6-5-7-18(14-17)24-10-12-26(13-11-24)21(27)19-15-20(23-16-22-19)25-8-3-2-4-9-25/h5-7,14-16H,2-4,8-13H2,1H3. The van der Waals surface area contributed by atoms with E-state index in [4.69, 9.17) is 0 Å². The van der Waals surface area contributed by atoms with Crippen LogP contribution >= 0.6 is 0 Å². The Morgan fingerprint density at radius 2 is 1.67 bits per heavy atom. The van der Waals surface area contributed by atoms with E-state index in [2.05, 4.69) is 51.0 Å². The topological polar surface area (TPSA) is 52.6 Å².